The van der Waals surface area contributed by atoms with Crippen molar-refractivity contribution in [3.05, 3.63) is 56.0 Å². The predicted octanol–water partition coefficient (Wildman–Crippen LogP) is 4.49. The van der Waals surface area contributed by atoms with Crippen molar-refractivity contribution in [1.82, 2.24) is 0 Å². The topological polar surface area (TPSA) is 55.2 Å². The summed E-state index contributed by atoms with van der Waals surface area (Å²) in [7, 11) is 0. The maximum Gasteiger partial charge on any atom is 0.295 e. The van der Waals surface area contributed by atoms with Crippen LogP contribution in [-0.2, 0) is 5.41 Å². The molecular formula is C15H17FN2O2S. The Bertz CT molecular complexity index is 654. The highest BCUT2D eigenvalue weighted by atomic mass is 32.1. The van der Waals surface area contributed by atoms with Crippen molar-refractivity contribution in [2.24, 2.45) is 0 Å². The molecular weight excluding hydrogens is 291 g/mol. The molecule has 1 heterocycles. The van der Waals surface area contributed by atoms with E-state index in [4.69, 9.17) is 0 Å². The molecule has 2 rings (SSSR count). The molecule has 0 aliphatic heterocycles. The van der Waals surface area contributed by atoms with Gasteiger partial charge in [0.15, 0.2) is 0 Å². The minimum atomic E-state index is -0.566. The quantitative estimate of drug-likeness (QED) is 0.654. The number of nitro groups is 1. The molecule has 0 radical (unpaired) electrons. The van der Waals surface area contributed by atoms with Crippen LogP contribution in [0.4, 0.5) is 15.8 Å². The van der Waals surface area contributed by atoms with Gasteiger partial charge >= 0.3 is 0 Å². The number of aryl methyl sites for hydroxylation is 1. The van der Waals surface area contributed by atoms with Crippen LogP contribution in [0.2, 0.25) is 0 Å². The van der Waals surface area contributed by atoms with Gasteiger partial charge in [0, 0.05) is 16.8 Å². The van der Waals surface area contributed by atoms with E-state index in [1.807, 2.05) is 17.5 Å². The number of nitro benzene ring substituents is 1. The average Bonchev–Trinajstić information content (AvgIpc) is 2.94. The Balaban J connectivity index is 2.24. The summed E-state index contributed by atoms with van der Waals surface area (Å²) in [6.07, 6.45) is 0. The Kier molecular flexibility index (Phi) is 4.27. The van der Waals surface area contributed by atoms with Crippen LogP contribution in [0.1, 0.15) is 24.3 Å². The van der Waals surface area contributed by atoms with Gasteiger partial charge in [-0.05, 0) is 30.0 Å². The number of rotatable bonds is 5. The number of hydrogen-bond acceptors (Lipinski definition) is 4. The van der Waals surface area contributed by atoms with Crippen molar-refractivity contribution in [1.29, 1.82) is 0 Å². The van der Waals surface area contributed by atoms with Crippen molar-refractivity contribution < 1.29 is 9.31 Å². The van der Waals surface area contributed by atoms with E-state index in [2.05, 4.69) is 19.2 Å². The molecule has 0 aliphatic carbocycles. The highest BCUT2D eigenvalue weighted by Gasteiger charge is 2.24. The number of benzene rings is 1. The van der Waals surface area contributed by atoms with E-state index in [0.29, 0.717) is 17.8 Å². The Morgan fingerprint density at radius 1 is 1.43 bits per heavy atom. The molecule has 112 valence electrons. The fourth-order valence-corrected chi connectivity index (χ4v) is 2.88. The summed E-state index contributed by atoms with van der Waals surface area (Å²) in [5.74, 6) is -0.565. The summed E-state index contributed by atoms with van der Waals surface area (Å²) in [6, 6.07) is 6.47. The Labute approximate surface area is 126 Å². The molecule has 0 unspecified atom stereocenters. The molecule has 0 aliphatic rings. The molecule has 4 nitrogen and oxygen atoms in total. The van der Waals surface area contributed by atoms with Gasteiger partial charge in [0.2, 0.25) is 0 Å². The van der Waals surface area contributed by atoms with E-state index in [0.717, 1.165) is 6.07 Å². The van der Waals surface area contributed by atoms with Crippen LogP contribution in [0.5, 0.6) is 0 Å². The standard InChI is InChI=1S/C15H17FN2O2S/c1-10-7-12(13(18(19)20)8-11(10)16)17-9-15(2,3)14-5-4-6-21-14/h4-8,17H,9H2,1-3H3. The van der Waals surface area contributed by atoms with Gasteiger partial charge in [-0.2, -0.15) is 0 Å². The van der Waals surface area contributed by atoms with Crippen molar-refractivity contribution in [3.8, 4) is 0 Å². The zero-order valence-corrected chi connectivity index (χ0v) is 13.0. The van der Waals surface area contributed by atoms with Crippen molar-refractivity contribution in [3.63, 3.8) is 0 Å². The number of halogens is 1. The van der Waals surface area contributed by atoms with E-state index in [-0.39, 0.29) is 11.1 Å². The minimum Gasteiger partial charge on any atom is -0.379 e. The lowest BCUT2D eigenvalue weighted by Crippen LogP contribution is -2.26. The first kappa shape index (κ1) is 15.4. The highest BCUT2D eigenvalue weighted by Crippen LogP contribution is 2.31. The number of hydrogen-bond donors (Lipinski definition) is 1. The second-order valence-corrected chi connectivity index (χ2v) is 6.54. The van der Waals surface area contributed by atoms with Crippen LogP contribution >= 0.6 is 11.3 Å². The van der Waals surface area contributed by atoms with Crippen LogP contribution in [0.15, 0.2) is 29.6 Å². The van der Waals surface area contributed by atoms with Gasteiger partial charge in [-0.15, -0.1) is 11.3 Å². The monoisotopic (exact) mass is 308 g/mol. The van der Waals surface area contributed by atoms with E-state index < -0.39 is 10.7 Å². The van der Waals surface area contributed by atoms with Crippen LogP contribution in [0.3, 0.4) is 0 Å². The number of anilines is 1. The van der Waals surface area contributed by atoms with Crippen molar-refractivity contribution in [2.75, 3.05) is 11.9 Å². The number of nitrogens with zero attached hydrogens (tertiary/aromatic N) is 1. The molecule has 1 aromatic carbocycles. The van der Waals surface area contributed by atoms with Gasteiger partial charge in [0.05, 0.1) is 11.0 Å². The summed E-state index contributed by atoms with van der Waals surface area (Å²) >= 11 is 1.65. The van der Waals surface area contributed by atoms with Gasteiger partial charge in [-0.3, -0.25) is 10.1 Å². The van der Waals surface area contributed by atoms with E-state index in [1.54, 1.807) is 18.3 Å². The van der Waals surface area contributed by atoms with Crippen LogP contribution < -0.4 is 5.32 Å². The van der Waals surface area contributed by atoms with Crippen LogP contribution in [0, 0.1) is 22.9 Å². The predicted molar refractivity (Wildman–Crippen MR) is 83.6 cm³/mol. The lowest BCUT2D eigenvalue weighted by Gasteiger charge is -2.24. The number of thiophene rings is 1. The van der Waals surface area contributed by atoms with Crippen LogP contribution in [0.25, 0.3) is 0 Å². The molecule has 0 spiro atoms. The third kappa shape index (κ3) is 3.39. The lowest BCUT2D eigenvalue weighted by atomic mass is 9.91. The fraction of sp³-hybridized carbons (Fsp3) is 0.333. The fourth-order valence-electron chi connectivity index (χ4n) is 2.03. The maximum absolute atomic E-state index is 13.5. The van der Waals surface area contributed by atoms with Gasteiger partial charge in [0.1, 0.15) is 11.5 Å². The molecule has 0 saturated heterocycles. The Morgan fingerprint density at radius 2 is 2.14 bits per heavy atom. The first-order valence-electron chi connectivity index (χ1n) is 6.53. The summed E-state index contributed by atoms with van der Waals surface area (Å²) in [5.41, 5.74) is 0.338. The summed E-state index contributed by atoms with van der Waals surface area (Å²) < 4.78 is 13.5. The van der Waals surface area contributed by atoms with E-state index >= 15 is 0 Å². The Morgan fingerprint density at radius 3 is 2.71 bits per heavy atom. The summed E-state index contributed by atoms with van der Waals surface area (Å²) in [4.78, 5) is 11.7. The highest BCUT2D eigenvalue weighted by molar-refractivity contribution is 7.10. The van der Waals surface area contributed by atoms with E-state index in [1.165, 1.54) is 10.9 Å². The molecule has 1 N–H and O–H groups in total. The van der Waals surface area contributed by atoms with E-state index in [9.17, 15) is 14.5 Å². The maximum atomic E-state index is 13.5. The molecule has 0 amide bonds. The minimum absolute atomic E-state index is 0.162. The molecule has 21 heavy (non-hydrogen) atoms. The molecule has 1 aromatic heterocycles. The smallest absolute Gasteiger partial charge is 0.295 e. The van der Waals surface area contributed by atoms with Crippen LogP contribution in [-0.4, -0.2) is 11.5 Å². The number of nitrogens with one attached hydrogen (secondary N) is 1. The summed E-state index contributed by atoms with van der Waals surface area (Å²) in [6.45, 7) is 6.25. The normalized spacial score (nSPS) is 11.4. The molecule has 0 fully saturated rings. The third-order valence-corrected chi connectivity index (χ3v) is 4.62. The first-order valence-corrected chi connectivity index (χ1v) is 7.41. The third-order valence-electron chi connectivity index (χ3n) is 3.38. The van der Waals surface area contributed by atoms with Crippen molar-refractivity contribution in [2.45, 2.75) is 26.2 Å². The zero-order chi connectivity index (χ0) is 15.6. The van der Waals surface area contributed by atoms with Gasteiger partial charge in [-0.25, -0.2) is 4.39 Å². The second-order valence-electron chi connectivity index (χ2n) is 5.59. The molecule has 6 heteroatoms. The van der Waals surface area contributed by atoms with Gasteiger partial charge < -0.3 is 5.32 Å². The first-order chi connectivity index (χ1) is 9.81. The largest absolute Gasteiger partial charge is 0.379 e. The Hall–Kier alpha value is -1.95. The summed E-state index contributed by atoms with van der Waals surface area (Å²) in [5, 5.41) is 16.1. The zero-order valence-electron chi connectivity index (χ0n) is 12.1. The second kappa shape index (κ2) is 5.81. The molecule has 0 atom stereocenters. The molecule has 0 saturated carbocycles. The molecule has 2 aromatic rings. The lowest BCUT2D eigenvalue weighted by molar-refractivity contribution is -0.384. The SMILES string of the molecule is Cc1cc(NCC(C)(C)c2cccs2)c([N+](=O)[O-])cc1F. The average molecular weight is 308 g/mol. The van der Waals surface area contributed by atoms with Crippen molar-refractivity contribution >= 4 is 22.7 Å². The van der Waals surface area contributed by atoms with Gasteiger partial charge in [0.25, 0.3) is 5.69 Å². The molecule has 0 bridgehead atoms. The van der Waals surface area contributed by atoms with Gasteiger partial charge in [-0.1, -0.05) is 19.9 Å².